The molecule has 2 aliphatic carbocycles. The lowest BCUT2D eigenvalue weighted by molar-refractivity contribution is -0.119. The average molecular weight is 412 g/mol. The van der Waals surface area contributed by atoms with Gasteiger partial charge in [0.05, 0.1) is 5.92 Å². The van der Waals surface area contributed by atoms with E-state index in [1.54, 1.807) is 7.05 Å². The molecule has 0 unspecified atom stereocenters. The van der Waals surface area contributed by atoms with E-state index in [0.29, 0.717) is 42.4 Å². The second-order valence-corrected chi connectivity index (χ2v) is 10.6. The summed E-state index contributed by atoms with van der Waals surface area (Å²) in [6, 6.07) is 0. The zero-order chi connectivity index (χ0) is 22.2. The number of allylic oxidation sites excluding steroid dienone is 4. The van der Waals surface area contributed by atoms with Crippen molar-refractivity contribution in [2.45, 2.75) is 59.3 Å². The van der Waals surface area contributed by atoms with E-state index in [2.05, 4.69) is 33.0 Å². The van der Waals surface area contributed by atoms with E-state index in [9.17, 15) is 19.2 Å². The second-order valence-electron chi connectivity index (χ2n) is 10.6. The molecule has 0 bridgehead atoms. The second kappa shape index (κ2) is 6.40. The Kier molecular flexibility index (Phi) is 4.39. The molecule has 0 radical (unpaired) electrons. The minimum atomic E-state index is -0.728. The van der Waals surface area contributed by atoms with E-state index in [-0.39, 0.29) is 22.4 Å². The Morgan fingerprint density at radius 3 is 1.77 bits per heavy atom. The Morgan fingerprint density at radius 1 is 0.833 bits per heavy atom. The predicted octanol–water partition coefficient (Wildman–Crippen LogP) is 2.06. The highest BCUT2D eigenvalue weighted by Crippen LogP contribution is 2.50. The lowest BCUT2D eigenvalue weighted by atomic mass is 9.64. The molecule has 0 aromatic carbocycles. The van der Waals surface area contributed by atoms with Crippen LogP contribution in [0.15, 0.2) is 38.3 Å². The number of aromatic nitrogens is 2. The van der Waals surface area contributed by atoms with E-state index in [4.69, 9.17) is 0 Å². The molecule has 7 heteroatoms. The van der Waals surface area contributed by atoms with Gasteiger partial charge < -0.3 is 9.88 Å². The Morgan fingerprint density at radius 2 is 1.30 bits per heavy atom. The molecule has 4 rings (SSSR count). The van der Waals surface area contributed by atoms with Crippen LogP contribution in [0.5, 0.6) is 0 Å². The highest BCUT2D eigenvalue weighted by molar-refractivity contribution is 6.06. The molecule has 1 aromatic rings. The third-order valence-electron chi connectivity index (χ3n) is 6.50. The summed E-state index contributed by atoms with van der Waals surface area (Å²) in [4.78, 5) is 51.9. The summed E-state index contributed by atoms with van der Waals surface area (Å²) in [7, 11) is 3.01. The summed E-state index contributed by atoms with van der Waals surface area (Å²) in [5.74, 6) is -0.813. The Labute approximate surface area is 175 Å². The molecule has 0 saturated carbocycles. The number of dihydropyridines is 1. The quantitative estimate of drug-likeness (QED) is 0.764. The van der Waals surface area contributed by atoms with Gasteiger partial charge >= 0.3 is 5.69 Å². The Bertz CT molecular complexity index is 1120. The molecule has 0 fully saturated rings. The van der Waals surface area contributed by atoms with Gasteiger partial charge in [-0.1, -0.05) is 27.7 Å². The zero-order valence-electron chi connectivity index (χ0n) is 18.5. The van der Waals surface area contributed by atoms with Gasteiger partial charge in [-0.25, -0.2) is 4.79 Å². The standard InChI is InChI=1S/C23H29N3O4/c1-22(2)7-13-18(15(27)9-22)17(12-11-25(5)21(30)26(6)20(12)29)19-14(24-13)8-23(3,4)10-16(19)28/h11,17,24H,7-10H2,1-6H3. The fraction of sp³-hybridized carbons (Fsp3) is 0.565. The van der Waals surface area contributed by atoms with Gasteiger partial charge in [0.2, 0.25) is 0 Å². The van der Waals surface area contributed by atoms with Crippen LogP contribution < -0.4 is 16.6 Å². The number of nitrogens with one attached hydrogen (secondary N) is 1. The van der Waals surface area contributed by atoms with E-state index in [0.717, 1.165) is 16.0 Å². The Hall–Kier alpha value is -2.70. The molecule has 0 atom stereocenters. The zero-order valence-corrected chi connectivity index (χ0v) is 18.5. The van der Waals surface area contributed by atoms with Crippen LogP contribution in [0, 0.1) is 10.8 Å². The number of carbonyl (C=O) groups is 2. The normalized spacial score (nSPS) is 23.3. The van der Waals surface area contributed by atoms with Crippen LogP contribution in [0.1, 0.15) is 64.9 Å². The first-order chi connectivity index (χ1) is 13.8. The maximum absolute atomic E-state index is 13.3. The van der Waals surface area contributed by atoms with Gasteiger partial charge in [-0.2, -0.15) is 0 Å². The summed E-state index contributed by atoms with van der Waals surface area (Å²) >= 11 is 0. The highest BCUT2D eigenvalue weighted by Gasteiger charge is 2.47. The first-order valence-electron chi connectivity index (χ1n) is 10.4. The van der Waals surface area contributed by atoms with Crippen molar-refractivity contribution in [2.24, 2.45) is 24.9 Å². The summed E-state index contributed by atoms with van der Waals surface area (Å²) in [5.41, 5.74) is 1.65. The Balaban J connectivity index is 2.02. The molecule has 160 valence electrons. The number of hydrogen-bond acceptors (Lipinski definition) is 5. The van der Waals surface area contributed by atoms with Crippen molar-refractivity contribution in [3.05, 3.63) is 55.1 Å². The predicted molar refractivity (Wildman–Crippen MR) is 113 cm³/mol. The maximum Gasteiger partial charge on any atom is 0.330 e. The van der Waals surface area contributed by atoms with Gasteiger partial charge in [-0.15, -0.1) is 0 Å². The number of carbonyl (C=O) groups excluding carboxylic acids is 2. The van der Waals surface area contributed by atoms with Gasteiger partial charge in [-0.05, 0) is 23.7 Å². The smallest absolute Gasteiger partial charge is 0.330 e. The number of Topliss-reactive ketones (excluding diaryl/α,β-unsaturated/α-hetero) is 2. The lowest BCUT2D eigenvalue weighted by Crippen LogP contribution is -2.45. The van der Waals surface area contributed by atoms with E-state index in [1.165, 1.54) is 17.8 Å². The summed E-state index contributed by atoms with van der Waals surface area (Å²) in [6.45, 7) is 8.21. The van der Waals surface area contributed by atoms with Gasteiger partial charge in [0.15, 0.2) is 11.6 Å². The van der Waals surface area contributed by atoms with Gasteiger partial charge in [0.25, 0.3) is 5.56 Å². The summed E-state index contributed by atoms with van der Waals surface area (Å²) in [6.07, 6.45) is 3.55. The highest BCUT2D eigenvalue weighted by atomic mass is 16.2. The minimum Gasteiger partial charge on any atom is -0.362 e. The van der Waals surface area contributed by atoms with Crippen LogP contribution in [0.3, 0.4) is 0 Å². The lowest BCUT2D eigenvalue weighted by Gasteiger charge is -2.43. The number of ketones is 2. The first-order valence-corrected chi connectivity index (χ1v) is 10.4. The maximum atomic E-state index is 13.3. The summed E-state index contributed by atoms with van der Waals surface area (Å²) < 4.78 is 2.39. The topological polar surface area (TPSA) is 90.2 Å². The van der Waals surface area contributed by atoms with Crippen LogP contribution in [0.2, 0.25) is 0 Å². The molecule has 0 spiro atoms. The van der Waals surface area contributed by atoms with Crippen LogP contribution >= 0.6 is 0 Å². The van der Waals surface area contributed by atoms with Crippen molar-refractivity contribution in [3.8, 4) is 0 Å². The number of nitrogens with zero attached hydrogens (tertiary/aromatic N) is 2. The fourth-order valence-corrected chi connectivity index (χ4v) is 5.23. The van der Waals surface area contributed by atoms with Crippen molar-refractivity contribution < 1.29 is 9.59 Å². The van der Waals surface area contributed by atoms with Crippen LogP contribution in [0.25, 0.3) is 0 Å². The van der Waals surface area contributed by atoms with Crippen molar-refractivity contribution in [2.75, 3.05) is 0 Å². The largest absolute Gasteiger partial charge is 0.362 e. The molecule has 2 heterocycles. The van der Waals surface area contributed by atoms with E-state index in [1.807, 2.05) is 0 Å². The number of rotatable bonds is 1. The average Bonchev–Trinajstić information content (AvgIpc) is 2.59. The van der Waals surface area contributed by atoms with Crippen molar-refractivity contribution >= 4 is 11.6 Å². The van der Waals surface area contributed by atoms with Crippen LogP contribution in [-0.2, 0) is 23.7 Å². The molecule has 1 aliphatic heterocycles. The van der Waals surface area contributed by atoms with Gasteiger partial charge in [0.1, 0.15) is 0 Å². The number of hydrogen-bond donors (Lipinski definition) is 1. The molecule has 0 amide bonds. The molecule has 3 aliphatic rings. The molecular formula is C23H29N3O4. The SMILES string of the molecule is Cn1cc(C2C3=C(CC(C)(C)CC3=O)NC3=C2C(=O)CC(C)(C)C3)c(=O)n(C)c1=O. The van der Waals surface area contributed by atoms with E-state index < -0.39 is 17.2 Å². The van der Waals surface area contributed by atoms with Crippen molar-refractivity contribution in [1.82, 2.24) is 14.5 Å². The van der Waals surface area contributed by atoms with Crippen molar-refractivity contribution in [1.29, 1.82) is 0 Å². The van der Waals surface area contributed by atoms with Crippen molar-refractivity contribution in [3.63, 3.8) is 0 Å². The van der Waals surface area contributed by atoms with Gasteiger partial charge in [-0.3, -0.25) is 19.0 Å². The van der Waals surface area contributed by atoms with Crippen LogP contribution in [0.4, 0.5) is 0 Å². The molecule has 0 saturated heterocycles. The third kappa shape index (κ3) is 3.11. The fourth-order valence-electron chi connectivity index (χ4n) is 5.23. The molecule has 7 nitrogen and oxygen atoms in total. The third-order valence-corrected chi connectivity index (χ3v) is 6.50. The number of aryl methyl sites for hydroxylation is 1. The van der Waals surface area contributed by atoms with Crippen LogP contribution in [-0.4, -0.2) is 20.7 Å². The molecule has 30 heavy (non-hydrogen) atoms. The first kappa shape index (κ1) is 20.6. The minimum absolute atomic E-state index is 0.0427. The molecule has 1 aromatic heterocycles. The molecule has 1 N–H and O–H groups in total. The van der Waals surface area contributed by atoms with E-state index >= 15 is 0 Å². The molecular weight excluding hydrogens is 382 g/mol. The summed E-state index contributed by atoms with van der Waals surface area (Å²) in [5, 5.41) is 3.43. The van der Waals surface area contributed by atoms with Gasteiger partial charge in [0, 0.05) is 61.2 Å². The monoisotopic (exact) mass is 411 g/mol.